The van der Waals surface area contributed by atoms with Crippen molar-refractivity contribution in [1.82, 2.24) is 4.98 Å². The summed E-state index contributed by atoms with van der Waals surface area (Å²) in [6.45, 7) is 0. The maximum atomic E-state index is 10.2. The van der Waals surface area contributed by atoms with Crippen LogP contribution in [0.4, 0.5) is 5.82 Å². The molecule has 0 fully saturated rings. The molecule has 1 rings (SSSR count). The summed E-state index contributed by atoms with van der Waals surface area (Å²) in [5, 5.41) is 3.23. The van der Waals surface area contributed by atoms with Gasteiger partial charge in [0.25, 0.3) is 0 Å². The molecule has 0 N–H and O–H groups in total. The maximum absolute atomic E-state index is 10.2. The Labute approximate surface area is 62.3 Å². The second-order valence-electron chi connectivity index (χ2n) is 1.73. The highest BCUT2D eigenvalue weighted by Gasteiger charge is 1.91. The van der Waals surface area contributed by atoms with Crippen LogP contribution in [0.5, 0.6) is 0 Å². The molecule has 0 saturated carbocycles. The second kappa shape index (κ2) is 3.34. The summed E-state index contributed by atoms with van der Waals surface area (Å²) in [5.41, 5.74) is 8.27. The van der Waals surface area contributed by atoms with Gasteiger partial charge in [0.15, 0.2) is 6.29 Å². The van der Waals surface area contributed by atoms with E-state index in [1.54, 1.807) is 6.07 Å². The molecule has 0 unspecified atom stereocenters. The van der Waals surface area contributed by atoms with Crippen molar-refractivity contribution in [1.29, 1.82) is 0 Å². The Balaban J connectivity index is 3.09. The van der Waals surface area contributed by atoms with Gasteiger partial charge in [-0.2, -0.15) is 0 Å². The van der Waals surface area contributed by atoms with Crippen LogP contribution in [0.3, 0.4) is 0 Å². The van der Waals surface area contributed by atoms with E-state index in [0.717, 1.165) is 0 Å². The third-order valence-corrected chi connectivity index (χ3v) is 1.02. The summed E-state index contributed by atoms with van der Waals surface area (Å²) in [7, 11) is 0. The van der Waals surface area contributed by atoms with E-state index >= 15 is 0 Å². The van der Waals surface area contributed by atoms with Gasteiger partial charge in [-0.3, -0.25) is 4.79 Å². The van der Waals surface area contributed by atoms with Gasteiger partial charge in [-0.25, -0.2) is 4.98 Å². The standard InChI is InChI=1S/C6H4N4O/c7-10-9-6-3-1-2-5(4-11)8-6/h1-4H. The fourth-order valence-corrected chi connectivity index (χ4v) is 0.607. The van der Waals surface area contributed by atoms with E-state index in [4.69, 9.17) is 5.53 Å². The average molecular weight is 148 g/mol. The van der Waals surface area contributed by atoms with Gasteiger partial charge in [0.05, 0.1) is 0 Å². The highest BCUT2D eigenvalue weighted by Crippen LogP contribution is 2.06. The highest BCUT2D eigenvalue weighted by molar-refractivity contribution is 5.72. The number of rotatable bonds is 2. The average Bonchev–Trinajstić information content (AvgIpc) is 2.06. The summed E-state index contributed by atoms with van der Waals surface area (Å²) >= 11 is 0. The molecule has 1 aromatic rings. The van der Waals surface area contributed by atoms with Gasteiger partial charge in [-0.15, -0.1) is 0 Å². The minimum absolute atomic E-state index is 0.206. The van der Waals surface area contributed by atoms with E-state index in [0.29, 0.717) is 6.29 Å². The van der Waals surface area contributed by atoms with Crippen LogP contribution in [0.15, 0.2) is 23.3 Å². The van der Waals surface area contributed by atoms with Crippen LogP contribution in [0.25, 0.3) is 10.4 Å². The number of hydrogen-bond donors (Lipinski definition) is 0. The lowest BCUT2D eigenvalue weighted by Crippen LogP contribution is -1.83. The predicted octanol–water partition coefficient (Wildman–Crippen LogP) is 1.84. The molecule has 5 nitrogen and oxygen atoms in total. The van der Waals surface area contributed by atoms with Crippen molar-refractivity contribution >= 4 is 12.1 Å². The van der Waals surface area contributed by atoms with Crippen LogP contribution in [0, 0.1) is 0 Å². The Kier molecular flexibility index (Phi) is 2.20. The zero-order valence-corrected chi connectivity index (χ0v) is 5.51. The third-order valence-electron chi connectivity index (χ3n) is 1.02. The van der Waals surface area contributed by atoms with Crippen molar-refractivity contribution in [3.05, 3.63) is 34.3 Å². The smallest absolute Gasteiger partial charge is 0.168 e. The monoisotopic (exact) mass is 148 g/mol. The highest BCUT2D eigenvalue weighted by atomic mass is 16.1. The van der Waals surface area contributed by atoms with Crippen molar-refractivity contribution in [3.8, 4) is 0 Å². The fourth-order valence-electron chi connectivity index (χ4n) is 0.607. The first-order valence-electron chi connectivity index (χ1n) is 2.84. The Morgan fingerprint density at radius 3 is 3.09 bits per heavy atom. The molecule has 5 heteroatoms. The van der Waals surface area contributed by atoms with Gasteiger partial charge in [0.1, 0.15) is 11.5 Å². The minimum Gasteiger partial charge on any atom is -0.296 e. The molecule has 1 heterocycles. The first-order chi connectivity index (χ1) is 5.36. The number of hydrogen-bond acceptors (Lipinski definition) is 3. The molecule has 0 aliphatic rings. The maximum Gasteiger partial charge on any atom is 0.168 e. The topological polar surface area (TPSA) is 78.7 Å². The molecule has 0 aliphatic heterocycles. The van der Waals surface area contributed by atoms with E-state index < -0.39 is 0 Å². The number of pyridine rings is 1. The molecule has 0 atom stereocenters. The van der Waals surface area contributed by atoms with E-state index in [-0.39, 0.29) is 11.5 Å². The summed E-state index contributed by atoms with van der Waals surface area (Å²) in [6, 6.07) is 4.65. The van der Waals surface area contributed by atoms with Gasteiger partial charge < -0.3 is 0 Å². The molecular weight excluding hydrogens is 144 g/mol. The van der Waals surface area contributed by atoms with Crippen LogP contribution in [0.2, 0.25) is 0 Å². The largest absolute Gasteiger partial charge is 0.296 e. The van der Waals surface area contributed by atoms with Crippen LogP contribution in [-0.2, 0) is 0 Å². The van der Waals surface area contributed by atoms with Crippen LogP contribution in [0.1, 0.15) is 10.5 Å². The van der Waals surface area contributed by atoms with Crippen molar-refractivity contribution in [2.45, 2.75) is 0 Å². The Morgan fingerprint density at radius 1 is 1.64 bits per heavy atom. The van der Waals surface area contributed by atoms with Crippen molar-refractivity contribution in [2.24, 2.45) is 5.11 Å². The number of nitrogens with zero attached hydrogens (tertiary/aromatic N) is 4. The van der Waals surface area contributed by atoms with Crippen LogP contribution < -0.4 is 0 Å². The molecule has 1 aromatic heterocycles. The van der Waals surface area contributed by atoms with E-state index in [1.807, 2.05) is 0 Å². The Morgan fingerprint density at radius 2 is 2.45 bits per heavy atom. The molecule has 0 bridgehead atoms. The normalized spacial score (nSPS) is 8.36. The SMILES string of the molecule is [N-]=[N+]=Nc1cccc(C=O)n1. The molecular formula is C6H4N4O. The minimum atomic E-state index is 0.206. The number of azide groups is 1. The molecule has 0 aliphatic carbocycles. The molecule has 0 radical (unpaired) electrons. The molecule has 0 spiro atoms. The Hall–Kier alpha value is -1.87. The summed E-state index contributed by atoms with van der Waals surface area (Å²) in [5.74, 6) is 0.206. The molecule has 54 valence electrons. The second-order valence-corrected chi connectivity index (χ2v) is 1.73. The van der Waals surface area contributed by atoms with Crippen LogP contribution in [-0.4, -0.2) is 11.3 Å². The lowest BCUT2D eigenvalue weighted by Gasteiger charge is -1.89. The Bertz CT molecular complexity index is 316. The molecule has 0 amide bonds. The van der Waals surface area contributed by atoms with Crippen LogP contribution >= 0.6 is 0 Å². The van der Waals surface area contributed by atoms with E-state index in [2.05, 4.69) is 15.0 Å². The molecule has 11 heavy (non-hydrogen) atoms. The van der Waals surface area contributed by atoms with Crippen molar-refractivity contribution < 1.29 is 4.79 Å². The lowest BCUT2D eigenvalue weighted by molar-refractivity contribution is 0.111. The fraction of sp³-hybridized carbons (Fsp3) is 0. The van der Waals surface area contributed by atoms with Gasteiger partial charge in [0, 0.05) is 4.91 Å². The van der Waals surface area contributed by atoms with Gasteiger partial charge in [-0.1, -0.05) is 6.07 Å². The molecule has 0 saturated heterocycles. The van der Waals surface area contributed by atoms with Gasteiger partial charge >= 0.3 is 0 Å². The zero-order chi connectivity index (χ0) is 8.10. The van der Waals surface area contributed by atoms with E-state index in [1.165, 1.54) is 12.1 Å². The first-order valence-corrected chi connectivity index (χ1v) is 2.84. The third kappa shape index (κ3) is 1.77. The number of aromatic nitrogens is 1. The summed E-state index contributed by atoms with van der Waals surface area (Å²) < 4.78 is 0. The first kappa shape index (κ1) is 7.24. The quantitative estimate of drug-likeness (QED) is 0.277. The van der Waals surface area contributed by atoms with Crippen molar-refractivity contribution in [3.63, 3.8) is 0 Å². The van der Waals surface area contributed by atoms with Gasteiger partial charge in [0.2, 0.25) is 0 Å². The zero-order valence-electron chi connectivity index (χ0n) is 5.51. The number of carbonyl (C=O) groups excluding carboxylic acids is 1. The lowest BCUT2D eigenvalue weighted by atomic mass is 10.4. The van der Waals surface area contributed by atoms with Crippen molar-refractivity contribution in [2.75, 3.05) is 0 Å². The number of aldehydes is 1. The summed E-state index contributed by atoms with van der Waals surface area (Å²) in [6.07, 6.45) is 0.594. The molecule has 0 aromatic carbocycles. The number of carbonyl (C=O) groups is 1. The summed E-state index contributed by atoms with van der Waals surface area (Å²) in [4.78, 5) is 16.4. The van der Waals surface area contributed by atoms with E-state index in [9.17, 15) is 4.79 Å². The predicted molar refractivity (Wildman–Crippen MR) is 38.4 cm³/mol. The van der Waals surface area contributed by atoms with Gasteiger partial charge in [-0.05, 0) is 22.8 Å².